The zero-order chi connectivity index (χ0) is 34.9. The SMILES string of the molecule is CCOC(=O)c1ccc(NC(=O)N2CCN(CCN(CC3=CCC4CC3C4(C)C)C(=O)c3c(-c4c(F)cccc4Cl)noc3C)CC2)cc1. The lowest BCUT2D eigenvalue weighted by molar-refractivity contribution is -0.0105. The number of aromatic nitrogens is 1. The predicted octanol–water partition coefficient (Wildman–Crippen LogP) is 6.90. The van der Waals surface area contributed by atoms with E-state index in [4.69, 9.17) is 20.9 Å². The fourth-order valence-corrected chi connectivity index (χ4v) is 7.60. The van der Waals surface area contributed by atoms with Crippen molar-refractivity contribution in [3.8, 4) is 11.3 Å². The van der Waals surface area contributed by atoms with Crippen molar-refractivity contribution in [2.24, 2.45) is 17.3 Å². The highest BCUT2D eigenvalue weighted by atomic mass is 35.5. The number of amides is 3. The van der Waals surface area contributed by atoms with Gasteiger partial charge < -0.3 is 24.4 Å². The number of aryl methyl sites for hydroxylation is 1. The number of nitrogens with one attached hydrogen (secondary N) is 1. The van der Waals surface area contributed by atoms with E-state index in [9.17, 15) is 14.4 Å². The minimum Gasteiger partial charge on any atom is -0.462 e. The molecule has 49 heavy (non-hydrogen) atoms. The van der Waals surface area contributed by atoms with Crippen LogP contribution in [0, 0.1) is 30.0 Å². The second kappa shape index (κ2) is 14.3. The van der Waals surface area contributed by atoms with E-state index in [0.717, 1.165) is 12.8 Å². The van der Waals surface area contributed by atoms with Gasteiger partial charge in [-0.25, -0.2) is 14.0 Å². The second-order valence-corrected chi connectivity index (χ2v) is 14.1. The smallest absolute Gasteiger partial charge is 0.338 e. The summed E-state index contributed by atoms with van der Waals surface area (Å²) < 4.78 is 25.5. The number of halogens is 2. The maximum atomic E-state index is 15.0. The number of hydrogen-bond acceptors (Lipinski definition) is 7. The molecule has 2 atom stereocenters. The molecule has 12 heteroatoms. The molecule has 3 amide bonds. The molecule has 10 nitrogen and oxygen atoms in total. The number of nitrogens with zero attached hydrogens (tertiary/aromatic N) is 4. The molecule has 1 saturated carbocycles. The number of urea groups is 1. The number of benzene rings is 2. The molecule has 2 unspecified atom stereocenters. The lowest BCUT2D eigenvalue weighted by Crippen LogP contribution is -2.53. The third kappa shape index (κ3) is 7.10. The van der Waals surface area contributed by atoms with E-state index in [2.05, 4.69) is 35.3 Å². The first-order valence-electron chi connectivity index (χ1n) is 16.9. The molecule has 0 radical (unpaired) electrons. The Morgan fingerprint density at radius 2 is 1.86 bits per heavy atom. The van der Waals surface area contributed by atoms with Gasteiger partial charge in [0.2, 0.25) is 0 Å². The van der Waals surface area contributed by atoms with Gasteiger partial charge in [0.05, 0.1) is 22.8 Å². The first-order valence-corrected chi connectivity index (χ1v) is 17.3. The number of carbonyl (C=O) groups is 3. The van der Waals surface area contributed by atoms with Gasteiger partial charge in [-0.15, -0.1) is 0 Å². The maximum absolute atomic E-state index is 15.0. The Labute approximate surface area is 291 Å². The normalized spacial score (nSPS) is 19.9. The van der Waals surface area contributed by atoms with Gasteiger partial charge in [0.15, 0.2) is 0 Å². The van der Waals surface area contributed by atoms with Crippen molar-refractivity contribution in [2.75, 3.05) is 57.7 Å². The number of carbonyl (C=O) groups excluding carboxylic acids is 3. The van der Waals surface area contributed by atoms with Crippen molar-refractivity contribution >= 4 is 35.2 Å². The van der Waals surface area contributed by atoms with Crippen molar-refractivity contribution in [1.82, 2.24) is 19.9 Å². The molecule has 0 spiro atoms. The Bertz CT molecular complexity index is 1730. The molecule has 2 fully saturated rings. The van der Waals surface area contributed by atoms with Crippen LogP contribution in [0.2, 0.25) is 5.02 Å². The predicted molar refractivity (Wildman–Crippen MR) is 185 cm³/mol. The van der Waals surface area contributed by atoms with Crippen molar-refractivity contribution in [3.05, 3.63) is 81.8 Å². The standard InChI is InChI=1S/C37H43ClFN5O5/c1-5-48-35(46)24-10-13-27(14-11-24)40-36(47)43-18-15-42(16-19-43)17-20-44(22-25-9-12-26-21-28(25)37(26,3)4)34(45)31-23(2)49-41-33(31)32-29(38)7-6-8-30(32)39/h6-11,13-14,26,28H,5,12,15-22H2,1-4H3,(H,40,47). The molecular weight excluding hydrogens is 649 g/mol. The third-order valence-corrected chi connectivity index (χ3v) is 10.8. The van der Waals surface area contributed by atoms with Crippen LogP contribution in [0.15, 0.2) is 58.6 Å². The Balaban J connectivity index is 1.12. The average Bonchev–Trinajstić information content (AvgIpc) is 3.47. The molecule has 3 aliphatic carbocycles. The van der Waals surface area contributed by atoms with Crippen molar-refractivity contribution in [3.63, 3.8) is 0 Å². The van der Waals surface area contributed by atoms with Gasteiger partial charge in [-0.2, -0.15) is 0 Å². The fourth-order valence-electron chi connectivity index (χ4n) is 7.35. The van der Waals surface area contributed by atoms with Gasteiger partial charge in [0.25, 0.3) is 5.91 Å². The lowest BCUT2D eigenvalue weighted by Gasteiger charge is -2.57. The molecule has 2 bridgehead atoms. The van der Waals surface area contributed by atoms with Crippen LogP contribution >= 0.6 is 11.6 Å². The summed E-state index contributed by atoms with van der Waals surface area (Å²) in [7, 11) is 0. The van der Waals surface area contributed by atoms with Crippen LogP contribution in [-0.4, -0.2) is 90.2 Å². The number of rotatable bonds is 10. The van der Waals surface area contributed by atoms with Gasteiger partial charge in [-0.1, -0.05) is 48.3 Å². The monoisotopic (exact) mass is 691 g/mol. The molecule has 1 N–H and O–H groups in total. The quantitative estimate of drug-likeness (QED) is 0.182. The lowest BCUT2D eigenvalue weighted by atomic mass is 9.49. The van der Waals surface area contributed by atoms with Crippen LogP contribution < -0.4 is 5.32 Å². The molecule has 1 saturated heterocycles. The number of piperazine rings is 1. The largest absolute Gasteiger partial charge is 0.462 e. The maximum Gasteiger partial charge on any atom is 0.338 e. The Kier molecular flexibility index (Phi) is 10.1. The van der Waals surface area contributed by atoms with Gasteiger partial charge in [0.1, 0.15) is 22.8 Å². The summed E-state index contributed by atoms with van der Waals surface area (Å²) in [6.45, 7) is 12.1. The average molecular weight is 692 g/mol. The van der Waals surface area contributed by atoms with Gasteiger partial charge in [-0.3, -0.25) is 9.69 Å². The second-order valence-electron chi connectivity index (χ2n) is 13.7. The van der Waals surface area contributed by atoms with Crippen LogP contribution in [0.25, 0.3) is 11.3 Å². The topological polar surface area (TPSA) is 108 Å². The summed E-state index contributed by atoms with van der Waals surface area (Å²) in [6.07, 6.45) is 4.42. The van der Waals surface area contributed by atoms with E-state index in [0.29, 0.717) is 81.3 Å². The van der Waals surface area contributed by atoms with E-state index in [1.807, 2.05) is 4.90 Å². The number of allylic oxidation sites excluding steroid dienone is 1. The molecule has 7 rings (SSSR count). The number of esters is 1. The number of anilines is 1. The molecule has 2 heterocycles. The minimum absolute atomic E-state index is 0.0495. The summed E-state index contributed by atoms with van der Waals surface area (Å²) in [5.41, 5.74) is 2.84. The highest BCUT2D eigenvalue weighted by Crippen LogP contribution is 2.59. The first-order chi connectivity index (χ1) is 23.5. The Morgan fingerprint density at radius 3 is 2.51 bits per heavy atom. The van der Waals surface area contributed by atoms with Gasteiger partial charge in [0, 0.05) is 51.5 Å². The summed E-state index contributed by atoms with van der Waals surface area (Å²) in [4.78, 5) is 45.2. The van der Waals surface area contributed by atoms with Gasteiger partial charge >= 0.3 is 12.0 Å². The number of hydrogen-bond donors (Lipinski definition) is 1. The highest BCUT2D eigenvalue weighted by Gasteiger charge is 2.51. The highest BCUT2D eigenvalue weighted by molar-refractivity contribution is 6.33. The molecule has 260 valence electrons. The molecular formula is C37H43ClFN5O5. The Hall–Kier alpha value is -4.22. The van der Waals surface area contributed by atoms with E-state index in [1.54, 1.807) is 49.1 Å². The van der Waals surface area contributed by atoms with Crippen LogP contribution in [0.3, 0.4) is 0 Å². The fraction of sp³-hybridized carbons (Fsp3) is 0.459. The van der Waals surface area contributed by atoms with Crippen LogP contribution in [-0.2, 0) is 4.74 Å². The summed E-state index contributed by atoms with van der Waals surface area (Å²) >= 11 is 6.40. The minimum atomic E-state index is -0.575. The van der Waals surface area contributed by atoms with E-state index >= 15 is 4.39 Å². The van der Waals surface area contributed by atoms with Crippen LogP contribution in [0.4, 0.5) is 14.9 Å². The zero-order valence-electron chi connectivity index (χ0n) is 28.4. The van der Waals surface area contributed by atoms with E-state index < -0.39 is 11.8 Å². The van der Waals surface area contributed by atoms with Crippen LogP contribution in [0.1, 0.15) is 60.1 Å². The summed E-state index contributed by atoms with van der Waals surface area (Å²) in [6, 6.07) is 10.8. The van der Waals surface area contributed by atoms with Crippen molar-refractivity contribution in [1.29, 1.82) is 0 Å². The van der Waals surface area contributed by atoms with Crippen LogP contribution in [0.5, 0.6) is 0 Å². The van der Waals surface area contributed by atoms with Crippen molar-refractivity contribution in [2.45, 2.75) is 40.5 Å². The number of fused-ring (bicyclic) bond motifs is 1. The number of ether oxygens (including phenoxy) is 1. The van der Waals surface area contributed by atoms with Gasteiger partial charge in [-0.05, 0) is 80.3 Å². The van der Waals surface area contributed by atoms with E-state index in [-0.39, 0.29) is 39.2 Å². The molecule has 2 aromatic carbocycles. The molecule has 1 aromatic heterocycles. The molecule has 3 aromatic rings. The Morgan fingerprint density at radius 1 is 1.12 bits per heavy atom. The zero-order valence-corrected chi connectivity index (χ0v) is 29.2. The van der Waals surface area contributed by atoms with Crippen molar-refractivity contribution < 1.29 is 28.0 Å². The molecule has 1 aliphatic heterocycles. The molecule has 4 aliphatic rings. The third-order valence-electron chi connectivity index (χ3n) is 10.5. The van der Waals surface area contributed by atoms with E-state index in [1.165, 1.54) is 17.7 Å². The summed E-state index contributed by atoms with van der Waals surface area (Å²) in [5, 5.41) is 7.15. The summed E-state index contributed by atoms with van der Waals surface area (Å²) in [5.74, 6) is 0.127. The first kappa shape index (κ1) is 34.6.